The van der Waals surface area contributed by atoms with Crippen molar-refractivity contribution in [3.63, 3.8) is 0 Å². The number of anilines is 2. The van der Waals surface area contributed by atoms with E-state index in [4.69, 9.17) is 0 Å². The lowest BCUT2D eigenvalue weighted by molar-refractivity contribution is 0.595. The highest BCUT2D eigenvalue weighted by Gasteiger charge is 2.28. The summed E-state index contributed by atoms with van der Waals surface area (Å²) in [6.07, 6.45) is 7.00. The van der Waals surface area contributed by atoms with Gasteiger partial charge in [0.2, 0.25) is 0 Å². The molecule has 3 rings (SSSR count). The molecular formula is C24H33NO4S3. The van der Waals surface area contributed by atoms with E-state index in [-0.39, 0.29) is 21.3 Å². The average molecular weight is 496 g/mol. The van der Waals surface area contributed by atoms with Gasteiger partial charge in [0.15, 0.2) is 19.7 Å². The molecule has 0 amide bonds. The SMILES string of the molecule is CCS(=O)(=O)c1ccc(N(SC2CCCCCC2)c2ccccc2C)c(S(=O)(=O)CC)c1. The summed E-state index contributed by atoms with van der Waals surface area (Å²) >= 11 is 1.68. The van der Waals surface area contributed by atoms with E-state index < -0.39 is 19.7 Å². The second-order valence-corrected chi connectivity index (χ2v) is 14.0. The van der Waals surface area contributed by atoms with Crippen LogP contribution in [-0.2, 0) is 19.7 Å². The predicted octanol–water partition coefficient (Wildman–Crippen LogP) is 6.09. The van der Waals surface area contributed by atoms with Gasteiger partial charge in [-0.25, -0.2) is 16.8 Å². The molecule has 0 spiro atoms. The Morgan fingerprint density at radius 3 is 2.06 bits per heavy atom. The number of rotatable bonds is 8. The van der Waals surface area contributed by atoms with Gasteiger partial charge in [-0.15, -0.1) is 0 Å². The molecule has 0 aromatic heterocycles. The molecule has 0 heterocycles. The van der Waals surface area contributed by atoms with E-state index in [0.29, 0.717) is 10.9 Å². The maximum atomic E-state index is 13.1. The summed E-state index contributed by atoms with van der Waals surface area (Å²) in [5.41, 5.74) is 2.50. The largest absolute Gasteiger partial charge is 0.283 e. The molecule has 1 aliphatic rings. The van der Waals surface area contributed by atoms with Crippen LogP contribution >= 0.6 is 11.9 Å². The molecule has 0 radical (unpaired) electrons. The van der Waals surface area contributed by atoms with Crippen molar-refractivity contribution in [3.8, 4) is 0 Å². The van der Waals surface area contributed by atoms with Gasteiger partial charge < -0.3 is 0 Å². The fraction of sp³-hybridized carbons (Fsp3) is 0.500. The van der Waals surface area contributed by atoms with Crippen LogP contribution in [0.1, 0.15) is 57.9 Å². The second kappa shape index (κ2) is 10.6. The van der Waals surface area contributed by atoms with Crippen molar-refractivity contribution in [1.82, 2.24) is 0 Å². The first-order valence-corrected chi connectivity index (χ1v) is 15.5. The van der Waals surface area contributed by atoms with Crippen LogP contribution in [0, 0.1) is 6.92 Å². The van der Waals surface area contributed by atoms with Crippen molar-refractivity contribution in [1.29, 1.82) is 0 Å². The molecule has 0 bridgehead atoms. The second-order valence-electron chi connectivity index (χ2n) is 8.24. The van der Waals surface area contributed by atoms with Gasteiger partial charge >= 0.3 is 0 Å². The van der Waals surface area contributed by atoms with E-state index in [1.165, 1.54) is 31.7 Å². The van der Waals surface area contributed by atoms with Crippen molar-refractivity contribution < 1.29 is 16.8 Å². The van der Waals surface area contributed by atoms with E-state index in [1.54, 1.807) is 37.9 Å². The van der Waals surface area contributed by atoms with E-state index in [1.807, 2.05) is 35.5 Å². The van der Waals surface area contributed by atoms with E-state index >= 15 is 0 Å². The van der Waals surface area contributed by atoms with Gasteiger partial charge in [-0.3, -0.25) is 4.31 Å². The highest BCUT2D eigenvalue weighted by molar-refractivity contribution is 8.01. The molecule has 176 valence electrons. The Labute approximate surface area is 197 Å². The minimum atomic E-state index is -3.65. The zero-order chi connectivity index (χ0) is 23.4. The van der Waals surface area contributed by atoms with Crippen LogP contribution in [0.3, 0.4) is 0 Å². The third-order valence-corrected chi connectivity index (χ3v) is 10.9. The zero-order valence-corrected chi connectivity index (χ0v) is 21.5. The third kappa shape index (κ3) is 5.69. The summed E-state index contributed by atoms with van der Waals surface area (Å²) in [5, 5.41) is 0.383. The Hall–Kier alpha value is -1.51. The molecule has 5 nitrogen and oxygen atoms in total. The molecular weight excluding hydrogens is 462 g/mol. The molecule has 32 heavy (non-hydrogen) atoms. The van der Waals surface area contributed by atoms with Gasteiger partial charge in [-0.2, -0.15) is 0 Å². The van der Waals surface area contributed by atoms with E-state index in [0.717, 1.165) is 24.1 Å². The number of benzene rings is 2. The van der Waals surface area contributed by atoms with Gasteiger partial charge in [0.25, 0.3) is 0 Å². The molecule has 8 heteroatoms. The Balaban J connectivity index is 2.19. The van der Waals surface area contributed by atoms with Crippen LogP contribution in [0.2, 0.25) is 0 Å². The van der Waals surface area contributed by atoms with Crippen molar-refractivity contribution >= 4 is 43.0 Å². The number of hydrogen-bond acceptors (Lipinski definition) is 6. The molecule has 1 aliphatic carbocycles. The lowest BCUT2D eigenvalue weighted by Crippen LogP contribution is -2.19. The van der Waals surface area contributed by atoms with Gasteiger partial charge in [-0.1, -0.05) is 57.7 Å². The molecule has 2 aromatic carbocycles. The molecule has 0 unspecified atom stereocenters. The summed E-state index contributed by atoms with van der Waals surface area (Å²) in [7, 11) is -7.18. The standard InChI is InChI=1S/C24H33NO4S3/c1-4-31(26,27)21-16-17-23(24(18-21)32(28,29)5-2)25(22-15-11-10-12-19(22)3)30-20-13-8-6-7-9-14-20/h10-12,15-18,20H,4-9,13-14H2,1-3H3. The Morgan fingerprint density at radius 1 is 0.844 bits per heavy atom. The Kier molecular flexibility index (Phi) is 8.33. The van der Waals surface area contributed by atoms with Crippen LogP contribution in [0.4, 0.5) is 11.4 Å². The van der Waals surface area contributed by atoms with Crippen molar-refractivity contribution in [3.05, 3.63) is 48.0 Å². The average Bonchev–Trinajstić information content (AvgIpc) is 3.06. The fourth-order valence-corrected chi connectivity index (χ4v) is 7.53. The minimum Gasteiger partial charge on any atom is -0.283 e. The Bertz CT molecular complexity index is 1140. The summed E-state index contributed by atoms with van der Waals surface area (Å²) < 4.78 is 53.3. The van der Waals surface area contributed by atoms with Gasteiger partial charge in [0.05, 0.1) is 32.7 Å². The summed E-state index contributed by atoms with van der Waals surface area (Å²) in [6.45, 7) is 5.18. The number of para-hydroxylation sites is 1. The number of aryl methyl sites for hydroxylation is 1. The lowest BCUT2D eigenvalue weighted by atomic mass is 10.2. The zero-order valence-electron chi connectivity index (χ0n) is 19.1. The molecule has 2 aromatic rings. The minimum absolute atomic E-state index is 0.0555. The van der Waals surface area contributed by atoms with Crippen molar-refractivity contribution in [2.45, 2.75) is 74.3 Å². The fourth-order valence-electron chi connectivity index (χ4n) is 3.96. The Morgan fingerprint density at radius 2 is 1.47 bits per heavy atom. The van der Waals surface area contributed by atoms with Crippen LogP contribution < -0.4 is 4.31 Å². The highest BCUT2D eigenvalue weighted by atomic mass is 32.2. The van der Waals surface area contributed by atoms with Gasteiger partial charge in [-0.05, 0) is 61.5 Å². The molecule has 0 aliphatic heterocycles. The van der Waals surface area contributed by atoms with Crippen LogP contribution in [0.5, 0.6) is 0 Å². The van der Waals surface area contributed by atoms with Crippen LogP contribution in [-0.4, -0.2) is 33.6 Å². The number of sulfone groups is 2. The van der Waals surface area contributed by atoms with E-state index in [2.05, 4.69) is 0 Å². The molecule has 1 saturated carbocycles. The first kappa shape index (κ1) is 25.1. The third-order valence-electron chi connectivity index (χ3n) is 6.00. The lowest BCUT2D eigenvalue weighted by Gasteiger charge is -2.30. The molecule has 0 N–H and O–H groups in total. The van der Waals surface area contributed by atoms with Crippen LogP contribution in [0.25, 0.3) is 0 Å². The molecule has 0 atom stereocenters. The highest BCUT2D eigenvalue weighted by Crippen LogP contribution is 2.43. The predicted molar refractivity (Wildman–Crippen MR) is 134 cm³/mol. The molecule has 1 fully saturated rings. The first-order valence-electron chi connectivity index (χ1n) is 11.3. The summed E-state index contributed by atoms with van der Waals surface area (Å²) in [5.74, 6) is -0.165. The monoisotopic (exact) mass is 495 g/mol. The quantitative estimate of drug-likeness (QED) is 0.326. The topological polar surface area (TPSA) is 71.5 Å². The van der Waals surface area contributed by atoms with Gasteiger partial charge in [0.1, 0.15) is 0 Å². The first-order chi connectivity index (χ1) is 15.2. The number of hydrogen-bond donors (Lipinski definition) is 0. The molecule has 0 saturated heterocycles. The van der Waals surface area contributed by atoms with Gasteiger partial charge in [0, 0.05) is 5.25 Å². The number of nitrogens with zero attached hydrogens (tertiary/aromatic N) is 1. The maximum absolute atomic E-state index is 13.1. The van der Waals surface area contributed by atoms with Crippen LogP contribution in [0.15, 0.2) is 52.3 Å². The normalized spacial score (nSPS) is 16.0. The van der Waals surface area contributed by atoms with Crippen molar-refractivity contribution in [2.75, 3.05) is 15.8 Å². The van der Waals surface area contributed by atoms with Crippen molar-refractivity contribution in [2.24, 2.45) is 0 Å². The summed E-state index contributed by atoms with van der Waals surface area (Å²) in [4.78, 5) is 0.138. The smallest absolute Gasteiger partial charge is 0.180 e. The maximum Gasteiger partial charge on any atom is 0.180 e. The summed E-state index contributed by atoms with van der Waals surface area (Å²) in [6, 6.07) is 12.5. The van der Waals surface area contributed by atoms with E-state index in [9.17, 15) is 16.8 Å².